The van der Waals surface area contributed by atoms with Gasteiger partial charge in [0.05, 0.1) is 0 Å². The van der Waals surface area contributed by atoms with Crippen LogP contribution in [0.25, 0.3) is 0 Å². The molecule has 132 valence electrons. The van der Waals surface area contributed by atoms with E-state index in [1.807, 2.05) is 18.2 Å². The van der Waals surface area contributed by atoms with Crippen LogP contribution in [-0.4, -0.2) is 39.7 Å². The summed E-state index contributed by atoms with van der Waals surface area (Å²) in [5.74, 6) is -0.812. The van der Waals surface area contributed by atoms with Crippen LogP contribution in [0, 0.1) is 6.92 Å². The van der Waals surface area contributed by atoms with E-state index in [9.17, 15) is 14.7 Å². The Morgan fingerprint density at radius 1 is 1.28 bits per heavy atom. The van der Waals surface area contributed by atoms with Gasteiger partial charge in [-0.05, 0) is 12.5 Å². The third-order valence-electron chi connectivity index (χ3n) is 3.30. The molecule has 0 radical (unpaired) electrons. The minimum absolute atomic E-state index is 0.0487. The van der Waals surface area contributed by atoms with Gasteiger partial charge in [0.1, 0.15) is 29.9 Å². The first-order valence-electron chi connectivity index (χ1n) is 7.38. The smallest absolute Gasteiger partial charge is 0.408 e. The average Bonchev–Trinajstić information content (AvgIpc) is 2.60. The van der Waals surface area contributed by atoms with E-state index in [1.165, 1.54) is 6.33 Å². The molecule has 0 fully saturated rings. The van der Waals surface area contributed by atoms with Gasteiger partial charge in [-0.1, -0.05) is 41.9 Å². The number of aliphatic carboxylic acids is 1. The molecule has 9 heteroatoms. The molecule has 1 heterocycles. The minimum atomic E-state index is -1.21. The zero-order valence-corrected chi connectivity index (χ0v) is 14.2. The molecule has 0 aliphatic rings. The summed E-state index contributed by atoms with van der Waals surface area (Å²) in [5.41, 5.74) is 1.38. The Kier molecular flexibility index (Phi) is 6.53. The number of halogens is 1. The zero-order valence-electron chi connectivity index (χ0n) is 13.4. The molecule has 0 aliphatic carbocycles. The van der Waals surface area contributed by atoms with Crippen LogP contribution >= 0.6 is 11.6 Å². The Morgan fingerprint density at radius 2 is 2.00 bits per heavy atom. The lowest BCUT2D eigenvalue weighted by Gasteiger charge is -2.16. The van der Waals surface area contributed by atoms with Crippen molar-refractivity contribution in [3.63, 3.8) is 0 Å². The Hall–Kier alpha value is -2.87. The van der Waals surface area contributed by atoms with Crippen LogP contribution in [0.4, 0.5) is 10.6 Å². The number of benzene rings is 1. The first-order chi connectivity index (χ1) is 12.0. The molecule has 2 aromatic rings. The van der Waals surface area contributed by atoms with Crippen LogP contribution in [0.2, 0.25) is 5.15 Å². The molecule has 8 nitrogen and oxygen atoms in total. The van der Waals surface area contributed by atoms with Crippen molar-refractivity contribution in [2.75, 3.05) is 11.9 Å². The number of carboxylic acids is 1. The molecule has 1 amide bonds. The maximum absolute atomic E-state index is 11.8. The van der Waals surface area contributed by atoms with Gasteiger partial charge < -0.3 is 20.5 Å². The normalized spacial score (nSPS) is 11.4. The van der Waals surface area contributed by atoms with E-state index in [0.29, 0.717) is 11.4 Å². The molecule has 0 aliphatic heterocycles. The van der Waals surface area contributed by atoms with Crippen LogP contribution in [0.15, 0.2) is 36.7 Å². The van der Waals surface area contributed by atoms with E-state index >= 15 is 0 Å². The van der Waals surface area contributed by atoms with Gasteiger partial charge in [0.15, 0.2) is 0 Å². The van der Waals surface area contributed by atoms with E-state index in [1.54, 1.807) is 19.1 Å². The highest BCUT2D eigenvalue weighted by atomic mass is 35.5. The quantitative estimate of drug-likeness (QED) is 0.645. The summed E-state index contributed by atoms with van der Waals surface area (Å²) >= 11 is 5.88. The summed E-state index contributed by atoms with van der Waals surface area (Å²) in [4.78, 5) is 30.9. The van der Waals surface area contributed by atoms with Gasteiger partial charge in [-0.25, -0.2) is 19.6 Å². The first kappa shape index (κ1) is 18.5. The van der Waals surface area contributed by atoms with E-state index < -0.39 is 18.1 Å². The molecule has 0 unspecified atom stereocenters. The fraction of sp³-hybridized carbons (Fsp3) is 0.250. The molecular weight excluding hydrogens is 348 g/mol. The van der Waals surface area contributed by atoms with Gasteiger partial charge in [-0.3, -0.25) is 0 Å². The predicted molar refractivity (Wildman–Crippen MR) is 91.5 cm³/mol. The van der Waals surface area contributed by atoms with Crippen LogP contribution < -0.4 is 10.6 Å². The van der Waals surface area contributed by atoms with E-state index in [4.69, 9.17) is 16.3 Å². The Labute approximate surface area is 149 Å². The fourth-order valence-corrected chi connectivity index (χ4v) is 2.05. The largest absolute Gasteiger partial charge is 0.480 e. The van der Waals surface area contributed by atoms with Crippen molar-refractivity contribution in [2.24, 2.45) is 0 Å². The van der Waals surface area contributed by atoms with Crippen molar-refractivity contribution < 1.29 is 19.4 Å². The number of nitrogens with zero attached hydrogens (tertiary/aromatic N) is 2. The number of alkyl carbamates (subject to hydrolysis) is 1. The van der Waals surface area contributed by atoms with E-state index in [-0.39, 0.29) is 18.3 Å². The maximum atomic E-state index is 11.8. The van der Waals surface area contributed by atoms with Crippen molar-refractivity contribution in [3.8, 4) is 0 Å². The number of nitrogens with one attached hydrogen (secondary N) is 2. The summed E-state index contributed by atoms with van der Waals surface area (Å²) in [6, 6.07) is 7.87. The second-order valence-corrected chi connectivity index (χ2v) is 5.47. The third kappa shape index (κ3) is 5.61. The molecule has 3 N–H and O–H groups in total. The van der Waals surface area contributed by atoms with Crippen molar-refractivity contribution in [2.45, 2.75) is 19.6 Å². The summed E-state index contributed by atoms with van der Waals surface area (Å²) in [5, 5.41) is 14.6. The monoisotopic (exact) mass is 364 g/mol. The number of carboxylic acid groups (broad SMARTS) is 1. The maximum Gasteiger partial charge on any atom is 0.408 e. The number of carbonyl (C=O) groups excluding carboxylic acids is 1. The topological polar surface area (TPSA) is 113 Å². The molecule has 0 saturated carbocycles. The Morgan fingerprint density at radius 3 is 2.68 bits per heavy atom. The van der Waals surface area contributed by atoms with Gasteiger partial charge >= 0.3 is 12.1 Å². The second kappa shape index (κ2) is 8.84. The highest BCUT2D eigenvalue weighted by Crippen LogP contribution is 2.17. The summed E-state index contributed by atoms with van der Waals surface area (Å²) < 4.78 is 5.02. The van der Waals surface area contributed by atoms with Gasteiger partial charge in [-0.2, -0.15) is 0 Å². The molecule has 0 bridgehead atoms. The van der Waals surface area contributed by atoms with E-state index in [0.717, 1.165) is 5.56 Å². The highest BCUT2D eigenvalue weighted by molar-refractivity contribution is 6.30. The van der Waals surface area contributed by atoms with Crippen LogP contribution in [0.5, 0.6) is 0 Å². The van der Waals surface area contributed by atoms with Crippen molar-refractivity contribution in [3.05, 3.63) is 52.9 Å². The lowest BCUT2D eigenvalue weighted by molar-refractivity contribution is -0.139. The number of aromatic nitrogens is 2. The molecule has 25 heavy (non-hydrogen) atoms. The first-order valence-corrected chi connectivity index (χ1v) is 7.76. The molecule has 1 atom stereocenters. The second-order valence-electron chi connectivity index (χ2n) is 5.12. The number of carbonyl (C=O) groups is 2. The fourth-order valence-electron chi connectivity index (χ4n) is 1.91. The third-order valence-corrected chi connectivity index (χ3v) is 3.68. The standard InChI is InChI=1S/C16H17ClN4O4/c1-10-13(17)19-9-20-14(10)18-7-12(15(22)23)21-16(24)25-8-11-5-3-2-4-6-11/h2-6,9,12H,7-8H2,1H3,(H,21,24)(H,22,23)(H,18,19,20)/t12-/m0/s1. The van der Waals surface area contributed by atoms with Crippen LogP contribution in [-0.2, 0) is 16.1 Å². The van der Waals surface area contributed by atoms with Crippen LogP contribution in [0.3, 0.4) is 0 Å². The summed E-state index contributed by atoms with van der Waals surface area (Å²) in [6.45, 7) is 1.65. The minimum Gasteiger partial charge on any atom is -0.480 e. The molecule has 1 aromatic heterocycles. The number of anilines is 1. The number of ether oxygens (including phenoxy) is 1. The molecule has 0 spiro atoms. The number of hydrogen-bond donors (Lipinski definition) is 3. The highest BCUT2D eigenvalue weighted by Gasteiger charge is 2.21. The lowest BCUT2D eigenvalue weighted by atomic mass is 10.2. The summed E-state index contributed by atoms with van der Waals surface area (Å²) in [6.07, 6.45) is 0.435. The zero-order chi connectivity index (χ0) is 18.2. The van der Waals surface area contributed by atoms with Gasteiger partial charge in [0.2, 0.25) is 0 Å². The molecular formula is C16H17ClN4O4. The molecule has 2 rings (SSSR count). The van der Waals surface area contributed by atoms with Gasteiger partial charge in [0, 0.05) is 12.1 Å². The van der Waals surface area contributed by atoms with Gasteiger partial charge in [0.25, 0.3) is 0 Å². The Balaban J connectivity index is 1.88. The molecule has 0 saturated heterocycles. The lowest BCUT2D eigenvalue weighted by Crippen LogP contribution is -2.45. The average molecular weight is 365 g/mol. The van der Waals surface area contributed by atoms with Gasteiger partial charge in [-0.15, -0.1) is 0 Å². The Bertz CT molecular complexity index is 742. The number of rotatable bonds is 7. The van der Waals surface area contributed by atoms with Crippen molar-refractivity contribution >= 4 is 29.5 Å². The SMILES string of the molecule is Cc1c(Cl)ncnc1NC[C@H](NC(=O)OCc1ccccc1)C(=O)O. The molecule has 1 aromatic carbocycles. The predicted octanol–water partition coefficient (Wildman–Crippen LogP) is 2.23. The summed E-state index contributed by atoms with van der Waals surface area (Å²) in [7, 11) is 0. The van der Waals surface area contributed by atoms with Crippen LogP contribution in [0.1, 0.15) is 11.1 Å². The van der Waals surface area contributed by atoms with Crippen molar-refractivity contribution in [1.82, 2.24) is 15.3 Å². The van der Waals surface area contributed by atoms with Crippen molar-refractivity contribution in [1.29, 1.82) is 0 Å². The number of hydrogen-bond acceptors (Lipinski definition) is 6. The van der Waals surface area contributed by atoms with E-state index in [2.05, 4.69) is 20.6 Å². The number of amides is 1.